The van der Waals surface area contributed by atoms with Crippen LogP contribution in [-0.2, 0) is 0 Å². The van der Waals surface area contributed by atoms with Gasteiger partial charge in [0, 0.05) is 11.6 Å². The van der Waals surface area contributed by atoms with Crippen molar-refractivity contribution in [1.82, 2.24) is 5.16 Å². The predicted molar refractivity (Wildman–Crippen MR) is 67.0 cm³/mol. The van der Waals surface area contributed by atoms with Crippen LogP contribution >= 0.6 is 0 Å². The highest BCUT2D eigenvalue weighted by Crippen LogP contribution is 2.30. The van der Waals surface area contributed by atoms with Crippen LogP contribution in [0.1, 0.15) is 18.1 Å². The zero-order chi connectivity index (χ0) is 12.4. The summed E-state index contributed by atoms with van der Waals surface area (Å²) < 4.78 is 10.4. The molecule has 90 valence electrons. The second-order valence-corrected chi connectivity index (χ2v) is 3.98. The summed E-state index contributed by atoms with van der Waals surface area (Å²) in [5.41, 5.74) is 9.47. The van der Waals surface area contributed by atoms with Gasteiger partial charge in [0.15, 0.2) is 0 Å². The van der Waals surface area contributed by atoms with E-state index in [0.29, 0.717) is 12.5 Å². The third-order valence-electron chi connectivity index (χ3n) is 2.63. The average Bonchev–Trinajstić information content (AvgIpc) is 2.70. The van der Waals surface area contributed by atoms with Crippen molar-refractivity contribution in [2.75, 3.05) is 12.3 Å². The largest absolute Gasteiger partial charge is 0.494 e. The van der Waals surface area contributed by atoms with Gasteiger partial charge in [0.05, 0.1) is 6.61 Å². The van der Waals surface area contributed by atoms with Crippen LogP contribution in [-0.4, -0.2) is 11.8 Å². The van der Waals surface area contributed by atoms with Crippen LogP contribution in [0.15, 0.2) is 22.7 Å². The smallest absolute Gasteiger partial charge is 0.222 e. The first-order valence-corrected chi connectivity index (χ1v) is 5.58. The van der Waals surface area contributed by atoms with Crippen LogP contribution in [0.25, 0.3) is 11.3 Å². The van der Waals surface area contributed by atoms with E-state index in [9.17, 15) is 0 Å². The van der Waals surface area contributed by atoms with E-state index in [0.717, 1.165) is 28.1 Å². The van der Waals surface area contributed by atoms with Crippen LogP contribution < -0.4 is 10.5 Å². The SMILES string of the molecule is CCOc1cc(C)c(-c2cc(N)on2)cc1C. The highest BCUT2D eigenvalue weighted by Gasteiger charge is 2.10. The minimum absolute atomic E-state index is 0.325. The summed E-state index contributed by atoms with van der Waals surface area (Å²) in [7, 11) is 0. The van der Waals surface area contributed by atoms with Crippen LogP contribution in [0.3, 0.4) is 0 Å². The number of hydrogen-bond acceptors (Lipinski definition) is 4. The Morgan fingerprint density at radius 2 is 2.00 bits per heavy atom. The second-order valence-electron chi connectivity index (χ2n) is 3.98. The number of nitrogen functional groups attached to an aromatic ring is 1. The van der Waals surface area contributed by atoms with E-state index in [-0.39, 0.29) is 0 Å². The lowest BCUT2D eigenvalue weighted by molar-refractivity contribution is 0.337. The molecule has 0 aliphatic carbocycles. The highest BCUT2D eigenvalue weighted by molar-refractivity contribution is 5.67. The Balaban J connectivity index is 2.46. The molecular formula is C13H16N2O2. The Labute approximate surface area is 100 Å². The first-order chi connectivity index (χ1) is 8.11. The van der Waals surface area contributed by atoms with Crippen molar-refractivity contribution in [3.8, 4) is 17.0 Å². The van der Waals surface area contributed by atoms with Crippen molar-refractivity contribution in [2.24, 2.45) is 0 Å². The van der Waals surface area contributed by atoms with Gasteiger partial charge in [0.25, 0.3) is 0 Å². The lowest BCUT2D eigenvalue weighted by atomic mass is 10.0. The minimum atomic E-state index is 0.325. The van der Waals surface area contributed by atoms with Gasteiger partial charge >= 0.3 is 0 Å². The quantitative estimate of drug-likeness (QED) is 0.883. The summed E-state index contributed by atoms with van der Waals surface area (Å²) in [5, 5.41) is 3.92. The van der Waals surface area contributed by atoms with Crippen LogP contribution in [0.2, 0.25) is 0 Å². The zero-order valence-corrected chi connectivity index (χ0v) is 10.3. The Morgan fingerprint density at radius 1 is 1.24 bits per heavy atom. The molecule has 4 nitrogen and oxygen atoms in total. The van der Waals surface area contributed by atoms with Gasteiger partial charge in [-0.05, 0) is 44.0 Å². The number of nitrogens with zero attached hydrogens (tertiary/aromatic N) is 1. The zero-order valence-electron chi connectivity index (χ0n) is 10.3. The van der Waals surface area contributed by atoms with Crippen molar-refractivity contribution in [3.63, 3.8) is 0 Å². The molecule has 0 saturated carbocycles. The summed E-state index contributed by atoms with van der Waals surface area (Å²) >= 11 is 0. The molecule has 0 aliphatic rings. The van der Waals surface area contributed by atoms with Crippen LogP contribution in [0, 0.1) is 13.8 Å². The maximum Gasteiger partial charge on any atom is 0.222 e. The molecule has 1 heterocycles. The Bertz CT molecular complexity index is 532. The molecule has 0 saturated heterocycles. The number of aromatic nitrogens is 1. The van der Waals surface area contributed by atoms with Gasteiger partial charge in [-0.25, -0.2) is 0 Å². The lowest BCUT2D eigenvalue weighted by Gasteiger charge is -2.10. The topological polar surface area (TPSA) is 61.3 Å². The normalized spacial score (nSPS) is 10.5. The molecule has 2 rings (SSSR count). The minimum Gasteiger partial charge on any atom is -0.494 e. The third-order valence-corrected chi connectivity index (χ3v) is 2.63. The third kappa shape index (κ3) is 2.25. The molecule has 0 fully saturated rings. The summed E-state index contributed by atoms with van der Waals surface area (Å²) in [6, 6.07) is 5.78. The first kappa shape index (κ1) is 11.5. The number of nitrogens with two attached hydrogens (primary N) is 1. The predicted octanol–water partition coefficient (Wildman–Crippen LogP) is 2.94. The summed E-state index contributed by atoms with van der Waals surface area (Å²) in [6.45, 7) is 6.66. The van der Waals surface area contributed by atoms with Crippen LogP contribution in [0.4, 0.5) is 5.88 Å². The average molecular weight is 232 g/mol. The van der Waals surface area contributed by atoms with Gasteiger partial charge in [-0.1, -0.05) is 5.16 Å². The molecule has 0 aliphatic heterocycles. The number of ether oxygens (including phenoxy) is 1. The van der Waals surface area contributed by atoms with E-state index >= 15 is 0 Å². The molecule has 0 amide bonds. The van der Waals surface area contributed by atoms with E-state index in [1.54, 1.807) is 6.07 Å². The molecule has 0 radical (unpaired) electrons. The lowest BCUT2D eigenvalue weighted by Crippen LogP contribution is -1.96. The first-order valence-electron chi connectivity index (χ1n) is 5.58. The molecule has 0 spiro atoms. The number of benzene rings is 1. The second kappa shape index (κ2) is 4.49. The van der Waals surface area contributed by atoms with Crippen molar-refractivity contribution in [3.05, 3.63) is 29.3 Å². The van der Waals surface area contributed by atoms with Gasteiger partial charge in [0.1, 0.15) is 11.4 Å². The fraction of sp³-hybridized carbons (Fsp3) is 0.308. The van der Waals surface area contributed by atoms with Crippen molar-refractivity contribution in [2.45, 2.75) is 20.8 Å². The van der Waals surface area contributed by atoms with Crippen molar-refractivity contribution >= 4 is 5.88 Å². The van der Waals surface area contributed by atoms with Gasteiger partial charge in [-0.15, -0.1) is 0 Å². The number of aryl methyl sites for hydroxylation is 2. The molecule has 17 heavy (non-hydrogen) atoms. The number of anilines is 1. The van der Waals surface area contributed by atoms with E-state index in [2.05, 4.69) is 5.16 Å². The van der Waals surface area contributed by atoms with Crippen molar-refractivity contribution < 1.29 is 9.26 Å². The summed E-state index contributed by atoms with van der Waals surface area (Å²) in [6.07, 6.45) is 0. The highest BCUT2D eigenvalue weighted by atomic mass is 16.5. The molecule has 2 aromatic rings. The van der Waals surface area contributed by atoms with E-state index in [1.165, 1.54) is 0 Å². The Morgan fingerprint density at radius 3 is 2.59 bits per heavy atom. The maximum atomic E-state index is 5.55. The molecule has 1 aromatic heterocycles. The van der Waals surface area contributed by atoms with Gasteiger partial charge < -0.3 is 15.0 Å². The molecule has 2 N–H and O–H groups in total. The van der Waals surface area contributed by atoms with E-state index < -0.39 is 0 Å². The standard InChI is InChI=1S/C13H16N2O2/c1-4-16-12-6-8(2)10(5-9(12)3)11-7-13(14)17-15-11/h5-7H,4,14H2,1-3H3. The molecule has 0 bridgehead atoms. The molecule has 0 unspecified atom stereocenters. The van der Waals surface area contributed by atoms with E-state index in [1.807, 2.05) is 32.9 Å². The Hall–Kier alpha value is -1.97. The summed E-state index contributed by atoms with van der Waals surface area (Å²) in [4.78, 5) is 0. The summed E-state index contributed by atoms with van der Waals surface area (Å²) in [5.74, 6) is 1.23. The Kier molecular flexibility index (Phi) is 3.04. The molecule has 1 aromatic carbocycles. The van der Waals surface area contributed by atoms with Gasteiger partial charge in [-0.2, -0.15) is 0 Å². The fourth-order valence-corrected chi connectivity index (χ4v) is 1.79. The maximum absolute atomic E-state index is 5.55. The molecule has 4 heteroatoms. The molecular weight excluding hydrogens is 216 g/mol. The van der Waals surface area contributed by atoms with Gasteiger partial charge in [-0.3, -0.25) is 0 Å². The monoisotopic (exact) mass is 232 g/mol. The fourth-order valence-electron chi connectivity index (χ4n) is 1.79. The van der Waals surface area contributed by atoms with E-state index in [4.69, 9.17) is 15.0 Å². The van der Waals surface area contributed by atoms with Crippen molar-refractivity contribution in [1.29, 1.82) is 0 Å². The molecule has 0 atom stereocenters. The number of rotatable bonds is 3. The van der Waals surface area contributed by atoms with Gasteiger partial charge in [0.2, 0.25) is 5.88 Å². The van der Waals surface area contributed by atoms with Crippen LogP contribution in [0.5, 0.6) is 5.75 Å². The number of hydrogen-bond donors (Lipinski definition) is 1.